The highest BCUT2D eigenvalue weighted by Gasteiger charge is 2.14. The number of ether oxygens (including phenoxy) is 1. The molecule has 0 aromatic heterocycles. The molecule has 7 heteroatoms. The standard InChI is InChI=1S/C14H8Br2ClFO3/c15-9-4-7(14(19)20)5-10(16)13(9)21-6-8-11(17)2-1-3-12(8)18/h1-5H,6H2,(H,19,20). The van der Waals surface area contributed by atoms with Crippen LogP contribution in [-0.2, 0) is 6.61 Å². The van der Waals surface area contributed by atoms with Gasteiger partial charge in [0.2, 0.25) is 0 Å². The Morgan fingerprint density at radius 1 is 1.29 bits per heavy atom. The van der Waals surface area contributed by atoms with E-state index in [0.717, 1.165) is 0 Å². The predicted octanol–water partition coefficient (Wildman–Crippen LogP) is 5.28. The molecular weight excluding hydrogens is 430 g/mol. The lowest BCUT2D eigenvalue weighted by molar-refractivity contribution is 0.0696. The monoisotopic (exact) mass is 436 g/mol. The molecule has 0 radical (unpaired) electrons. The van der Waals surface area contributed by atoms with Crippen molar-refractivity contribution >= 4 is 49.4 Å². The average molecular weight is 438 g/mol. The van der Waals surface area contributed by atoms with Gasteiger partial charge >= 0.3 is 5.97 Å². The van der Waals surface area contributed by atoms with Crippen molar-refractivity contribution in [1.29, 1.82) is 0 Å². The zero-order valence-electron chi connectivity index (χ0n) is 10.4. The first kappa shape index (κ1) is 16.3. The molecule has 2 rings (SSSR count). The first-order valence-electron chi connectivity index (χ1n) is 5.68. The normalized spacial score (nSPS) is 10.5. The van der Waals surface area contributed by atoms with Crippen molar-refractivity contribution in [3.8, 4) is 5.75 Å². The van der Waals surface area contributed by atoms with Crippen molar-refractivity contribution in [1.82, 2.24) is 0 Å². The zero-order chi connectivity index (χ0) is 15.6. The summed E-state index contributed by atoms with van der Waals surface area (Å²) in [7, 11) is 0. The number of carboxylic acid groups (broad SMARTS) is 1. The number of hydrogen-bond acceptors (Lipinski definition) is 2. The molecule has 0 fully saturated rings. The van der Waals surface area contributed by atoms with E-state index in [1.54, 1.807) is 6.07 Å². The van der Waals surface area contributed by atoms with Crippen LogP contribution in [0.15, 0.2) is 39.3 Å². The molecule has 0 aliphatic carbocycles. The molecule has 21 heavy (non-hydrogen) atoms. The van der Waals surface area contributed by atoms with Gasteiger partial charge in [-0.15, -0.1) is 0 Å². The van der Waals surface area contributed by atoms with Gasteiger partial charge in [-0.1, -0.05) is 17.7 Å². The molecule has 0 heterocycles. The van der Waals surface area contributed by atoms with Gasteiger partial charge in [-0.2, -0.15) is 0 Å². The Balaban J connectivity index is 2.27. The van der Waals surface area contributed by atoms with Gasteiger partial charge < -0.3 is 9.84 Å². The van der Waals surface area contributed by atoms with E-state index in [1.807, 2.05) is 0 Å². The van der Waals surface area contributed by atoms with E-state index in [2.05, 4.69) is 31.9 Å². The van der Waals surface area contributed by atoms with Crippen molar-refractivity contribution in [3.63, 3.8) is 0 Å². The maximum atomic E-state index is 13.7. The fourth-order valence-electron chi connectivity index (χ4n) is 1.64. The SMILES string of the molecule is O=C(O)c1cc(Br)c(OCc2c(F)cccc2Cl)c(Br)c1. The highest BCUT2D eigenvalue weighted by Crippen LogP contribution is 2.36. The van der Waals surface area contributed by atoms with Gasteiger partial charge in [-0.25, -0.2) is 9.18 Å². The molecule has 0 atom stereocenters. The molecule has 0 saturated carbocycles. The van der Waals surface area contributed by atoms with Gasteiger partial charge in [0.1, 0.15) is 18.2 Å². The van der Waals surface area contributed by atoms with Gasteiger partial charge in [0.15, 0.2) is 0 Å². The summed E-state index contributed by atoms with van der Waals surface area (Å²) in [6.45, 7) is -0.0743. The predicted molar refractivity (Wildman–Crippen MR) is 84.5 cm³/mol. The smallest absolute Gasteiger partial charge is 0.335 e. The van der Waals surface area contributed by atoms with Crippen LogP contribution in [0, 0.1) is 5.82 Å². The maximum absolute atomic E-state index is 13.7. The Morgan fingerprint density at radius 3 is 2.43 bits per heavy atom. The number of rotatable bonds is 4. The van der Waals surface area contributed by atoms with Gasteiger partial charge in [0.25, 0.3) is 0 Å². The van der Waals surface area contributed by atoms with Gasteiger partial charge in [0, 0.05) is 5.56 Å². The van der Waals surface area contributed by atoms with Crippen LogP contribution in [0.3, 0.4) is 0 Å². The molecule has 3 nitrogen and oxygen atoms in total. The van der Waals surface area contributed by atoms with E-state index in [4.69, 9.17) is 21.4 Å². The lowest BCUT2D eigenvalue weighted by atomic mass is 10.2. The van der Waals surface area contributed by atoms with Crippen LogP contribution < -0.4 is 4.74 Å². The van der Waals surface area contributed by atoms with Crippen molar-refractivity contribution in [2.75, 3.05) is 0 Å². The molecular formula is C14H8Br2ClFO3. The summed E-state index contributed by atoms with van der Waals surface area (Å²) >= 11 is 12.4. The van der Waals surface area contributed by atoms with Gasteiger partial charge in [-0.05, 0) is 56.1 Å². The van der Waals surface area contributed by atoms with Crippen LogP contribution in [0.5, 0.6) is 5.75 Å². The molecule has 1 N–H and O–H groups in total. The van der Waals surface area contributed by atoms with Crippen LogP contribution in [0.2, 0.25) is 5.02 Å². The largest absolute Gasteiger partial charge is 0.486 e. The second-order valence-electron chi connectivity index (χ2n) is 4.06. The van der Waals surface area contributed by atoms with Crippen LogP contribution in [0.1, 0.15) is 15.9 Å². The van der Waals surface area contributed by atoms with E-state index < -0.39 is 11.8 Å². The van der Waals surface area contributed by atoms with Crippen LogP contribution >= 0.6 is 43.5 Å². The fraction of sp³-hybridized carbons (Fsp3) is 0.0714. The minimum atomic E-state index is -1.06. The molecule has 110 valence electrons. The molecule has 0 spiro atoms. The Labute approximate surface area is 141 Å². The Morgan fingerprint density at radius 2 is 1.90 bits per heavy atom. The highest BCUT2D eigenvalue weighted by atomic mass is 79.9. The maximum Gasteiger partial charge on any atom is 0.335 e. The number of benzene rings is 2. The van der Waals surface area contributed by atoms with E-state index >= 15 is 0 Å². The summed E-state index contributed by atoms with van der Waals surface area (Å²) in [4.78, 5) is 10.9. The Kier molecular flexibility index (Phi) is 5.24. The van der Waals surface area contributed by atoms with Gasteiger partial charge in [0.05, 0.1) is 19.5 Å². The molecule has 2 aromatic carbocycles. The first-order valence-corrected chi connectivity index (χ1v) is 7.64. The average Bonchev–Trinajstić information content (AvgIpc) is 2.40. The Hall–Kier alpha value is -1.11. The minimum absolute atomic E-state index is 0.0743. The van der Waals surface area contributed by atoms with Crippen molar-refractivity contribution in [2.45, 2.75) is 6.61 Å². The van der Waals surface area contributed by atoms with Crippen LogP contribution in [0.25, 0.3) is 0 Å². The summed E-state index contributed by atoms with van der Waals surface area (Å²) in [6.07, 6.45) is 0. The summed E-state index contributed by atoms with van der Waals surface area (Å²) in [5, 5.41) is 9.22. The highest BCUT2D eigenvalue weighted by molar-refractivity contribution is 9.11. The van der Waals surface area contributed by atoms with Crippen LogP contribution in [-0.4, -0.2) is 11.1 Å². The molecule has 2 aromatic rings. The Bertz CT molecular complexity index is 663. The lowest BCUT2D eigenvalue weighted by Crippen LogP contribution is -2.02. The van der Waals surface area contributed by atoms with E-state index in [1.165, 1.54) is 24.3 Å². The van der Waals surface area contributed by atoms with Crippen molar-refractivity contribution < 1.29 is 19.0 Å². The number of hydrogen-bond donors (Lipinski definition) is 1. The molecule has 0 unspecified atom stereocenters. The third-order valence-corrected chi connectivity index (χ3v) is 4.20. The fourth-order valence-corrected chi connectivity index (χ4v) is 3.27. The van der Waals surface area contributed by atoms with E-state index in [0.29, 0.717) is 14.7 Å². The number of carboxylic acids is 1. The number of carbonyl (C=O) groups is 1. The third kappa shape index (κ3) is 3.75. The van der Waals surface area contributed by atoms with Gasteiger partial charge in [-0.3, -0.25) is 0 Å². The topological polar surface area (TPSA) is 46.5 Å². The molecule has 0 saturated heterocycles. The molecule has 0 aliphatic heterocycles. The minimum Gasteiger partial charge on any atom is -0.486 e. The van der Waals surface area contributed by atoms with E-state index in [9.17, 15) is 9.18 Å². The second kappa shape index (κ2) is 6.77. The zero-order valence-corrected chi connectivity index (χ0v) is 14.3. The van der Waals surface area contributed by atoms with Crippen molar-refractivity contribution in [3.05, 3.63) is 61.2 Å². The number of aromatic carboxylic acids is 1. The first-order chi connectivity index (χ1) is 9.90. The molecule has 0 aliphatic rings. The van der Waals surface area contributed by atoms with Crippen molar-refractivity contribution in [2.24, 2.45) is 0 Å². The number of halogens is 4. The second-order valence-corrected chi connectivity index (χ2v) is 6.18. The molecule has 0 amide bonds. The summed E-state index contributed by atoms with van der Waals surface area (Å²) < 4.78 is 20.1. The summed E-state index contributed by atoms with van der Waals surface area (Å²) in [5.74, 6) is -1.14. The third-order valence-electron chi connectivity index (χ3n) is 2.67. The summed E-state index contributed by atoms with van der Waals surface area (Å²) in [5.41, 5.74) is 0.338. The quantitative estimate of drug-likeness (QED) is 0.707. The van der Waals surface area contributed by atoms with Crippen LogP contribution in [0.4, 0.5) is 4.39 Å². The van der Waals surface area contributed by atoms with E-state index in [-0.39, 0.29) is 22.8 Å². The lowest BCUT2D eigenvalue weighted by Gasteiger charge is -2.12. The molecule has 0 bridgehead atoms. The summed E-state index contributed by atoms with van der Waals surface area (Å²) in [6, 6.07) is 7.19.